The molecule has 5 heteroatoms. The second-order valence-electron chi connectivity index (χ2n) is 7.45. The third kappa shape index (κ3) is 4.60. The van der Waals surface area contributed by atoms with Gasteiger partial charge in [0.05, 0.1) is 0 Å². The van der Waals surface area contributed by atoms with Crippen LogP contribution in [0.4, 0.5) is 5.69 Å². The van der Waals surface area contributed by atoms with E-state index in [0.717, 1.165) is 49.8 Å². The molecule has 136 valence electrons. The minimum absolute atomic E-state index is 0.0983. The maximum absolute atomic E-state index is 12.3. The van der Waals surface area contributed by atoms with E-state index >= 15 is 0 Å². The van der Waals surface area contributed by atoms with Crippen LogP contribution in [0.3, 0.4) is 0 Å². The smallest absolute Gasteiger partial charge is 0.252 e. The fourth-order valence-electron chi connectivity index (χ4n) is 3.90. The molecule has 1 aromatic rings. The van der Waals surface area contributed by atoms with Crippen molar-refractivity contribution in [3.63, 3.8) is 0 Å². The molecular formula is C20H28N2O3. The Balaban J connectivity index is 1.54. The number of benzene rings is 1. The molecule has 2 aliphatic rings. The summed E-state index contributed by atoms with van der Waals surface area (Å²) in [6.07, 6.45) is 8.30. The summed E-state index contributed by atoms with van der Waals surface area (Å²) >= 11 is 0. The number of rotatable bonds is 5. The highest BCUT2D eigenvalue weighted by molar-refractivity contribution is 5.92. The van der Waals surface area contributed by atoms with E-state index in [9.17, 15) is 14.7 Å². The quantitative estimate of drug-likeness (QED) is 0.768. The second kappa shape index (κ2) is 8.00. The van der Waals surface area contributed by atoms with Crippen LogP contribution in [0, 0.1) is 5.92 Å². The van der Waals surface area contributed by atoms with Gasteiger partial charge in [-0.05, 0) is 56.2 Å². The van der Waals surface area contributed by atoms with Gasteiger partial charge in [0.1, 0.15) is 5.60 Å². The van der Waals surface area contributed by atoms with Crippen LogP contribution < -0.4 is 10.6 Å². The van der Waals surface area contributed by atoms with E-state index in [1.165, 1.54) is 6.42 Å². The number of nitrogens with one attached hydrogen (secondary N) is 2. The van der Waals surface area contributed by atoms with Crippen molar-refractivity contribution < 1.29 is 14.7 Å². The zero-order valence-electron chi connectivity index (χ0n) is 14.7. The minimum atomic E-state index is -1.20. The number of anilines is 1. The zero-order chi connectivity index (χ0) is 17.7. The number of carbonyl (C=O) groups is 2. The monoisotopic (exact) mass is 344 g/mol. The Labute approximate surface area is 149 Å². The van der Waals surface area contributed by atoms with Gasteiger partial charge >= 0.3 is 0 Å². The second-order valence-corrected chi connectivity index (χ2v) is 7.45. The van der Waals surface area contributed by atoms with E-state index < -0.39 is 5.60 Å². The Morgan fingerprint density at radius 3 is 2.52 bits per heavy atom. The molecule has 3 rings (SSSR count). The maximum Gasteiger partial charge on any atom is 0.252 e. The van der Waals surface area contributed by atoms with Crippen molar-refractivity contribution in [2.75, 3.05) is 5.32 Å². The standard InChI is InChI=1S/C20H28N2O3/c23-18(16-8-2-1-3-9-16)22-17-10-6-7-15(13-17)14-21-19(24)20(25)11-4-5-12-20/h6-7,10,13,16,25H,1-5,8-9,11-12,14H2,(H,21,24)(H,22,23). The van der Waals surface area contributed by atoms with Crippen molar-refractivity contribution in [3.05, 3.63) is 29.8 Å². The highest BCUT2D eigenvalue weighted by Gasteiger charge is 2.38. The Morgan fingerprint density at radius 2 is 1.80 bits per heavy atom. The number of aliphatic hydroxyl groups is 1. The Morgan fingerprint density at radius 1 is 1.08 bits per heavy atom. The molecule has 0 atom stereocenters. The summed E-state index contributed by atoms with van der Waals surface area (Å²) in [5, 5.41) is 16.1. The molecule has 2 saturated carbocycles. The Bertz CT molecular complexity index is 617. The zero-order valence-corrected chi connectivity index (χ0v) is 14.7. The van der Waals surface area contributed by atoms with Crippen molar-refractivity contribution in [2.24, 2.45) is 5.92 Å². The highest BCUT2D eigenvalue weighted by atomic mass is 16.3. The summed E-state index contributed by atoms with van der Waals surface area (Å²) in [6, 6.07) is 7.55. The molecule has 2 amide bonds. The first kappa shape index (κ1) is 17.9. The van der Waals surface area contributed by atoms with E-state index in [1.54, 1.807) is 0 Å². The lowest BCUT2D eigenvalue weighted by molar-refractivity contribution is -0.139. The van der Waals surface area contributed by atoms with Crippen LogP contribution >= 0.6 is 0 Å². The van der Waals surface area contributed by atoms with Crippen molar-refractivity contribution in [1.29, 1.82) is 0 Å². The maximum atomic E-state index is 12.3. The van der Waals surface area contributed by atoms with Crippen molar-refractivity contribution in [3.8, 4) is 0 Å². The average molecular weight is 344 g/mol. The van der Waals surface area contributed by atoms with Crippen molar-refractivity contribution >= 4 is 17.5 Å². The summed E-state index contributed by atoms with van der Waals surface area (Å²) < 4.78 is 0. The molecule has 0 aliphatic heterocycles. The van der Waals surface area contributed by atoms with Crippen molar-refractivity contribution in [1.82, 2.24) is 5.32 Å². The summed E-state index contributed by atoms with van der Waals surface area (Å²) in [7, 11) is 0. The first-order valence-electron chi connectivity index (χ1n) is 9.47. The molecule has 25 heavy (non-hydrogen) atoms. The fraction of sp³-hybridized carbons (Fsp3) is 0.600. The third-order valence-electron chi connectivity index (χ3n) is 5.48. The number of amides is 2. The largest absolute Gasteiger partial charge is 0.380 e. The molecule has 0 radical (unpaired) electrons. The molecule has 0 unspecified atom stereocenters. The highest BCUT2D eigenvalue weighted by Crippen LogP contribution is 2.29. The molecular weight excluding hydrogens is 316 g/mol. The summed E-state index contributed by atoms with van der Waals surface area (Å²) in [5.41, 5.74) is 0.477. The molecule has 0 spiro atoms. The van der Waals surface area contributed by atoms with Gasteiger partial charge in [-0.2, -0.15) is 0 Å². The topological polar surface area (TPSA) is 78.4 Å². The van der Waals surface area contributed by atoms with Crippen LogP contribution in [0.1, 0.15) is 63.4 Å². The van der Waals surface area contributed by atoms with Gasteiger partial charge in [-0.1, -0.05) is 31.4 Å². The predicted octanol–water partition coefficient (Wildman–Crippen LogP) is 3.13. The number of carbonyl (C=O) groups excluding carboxylic acids is 2. The van der Waals surface area contributed by atoms with E-state index in [-0.39, 0.29) is 17.7 Å². The molecule has 1 aromatic carbocycles. The lowest BCUT2D eigenvalue weighted by Gasteiger charge is -2.21. The van der Waals surface area contributed by atoms with E-state index in [2.05, 4.69) is 10.6 Å². The summed E-state index contributed by atoms with van der Waals surface area (Å²) in [6.45, 7) is 0.355. The van der Waals surface area contributed by atoms with Gasteiger partial charge in [-0.15, -0.1) is 0 Å². The molecule has 2 fully saturated rings. The van der Waals surface area contributed by atoms with Crippen LogP contribution in [0.25, 0.3) is 0 Å². The van der Waals surface area contributed by atoms with Crippen LogP contribution in [-0.2, 0) is 16.1 Å². The Hall–Kier alpha value is -1.88. The van der Waals surface area contributed by atoms with Crippen LogP contribution in [0.15, 0.2) is 24.3 Å². The summed E-state index contributed by atoms with van der Waals surface area (Å²) in [5.74, 6) is -0.0727. The Kier molecular flexibility index (Phi) is 5.74. The van der Waals surface area contributed by atoms with Crippen LogP contribution in [0.2, 0.25) is 0 Å². The van der Waals surface area contributed by atoms with Gasteiger partial charge in [0.25, 0.3) is 5.91 Å². The molecule has 2 aliphatic carbocycles. The van der Waals surface area contributed by atoms with E-state index in [0.29, 0.717) is 19.4 Å². The van der Waals surface area contributed by atoms with Gasteiger partial charge < -0.3 is 15.7 Å². The fourth-order valence-corrected chi connectivity index (χ4v) is 3.90. The molecule has 5 nitrogen and oxygen atoms in total. The molecule has 0 heterocycles. The van der Waals surface area contributed by atoms with Gasteiger partial charge in [0.15, 0.2) is 0 Å². The van der Waals surface area contributed by atoms with Gasteiger partial charge in [0, 0.05) is 18.2 Å². The molecule has 0 bridgehead atoms. The average Bonchev–Trinajstić information content (AvgIpc) is 3.09. The van der Waals surface area contributed by atoms with Gasteiger partial charge in [-0.25, -0.2) is 0 Å². The van der Waals surface area contributed by atoms with Gasteiger partial charge in [-0.3, -0.25) is 9.59 Å². The van der Waals surface area contributed by atoms with E-state index in [1.807, 2.05) is 24.3 Å². The first-order valence-corrected chi connectivity index (χ1v) is 9.47. The lowest BCUT2D eigenvalue weighted by Crippen LogP contribution is -2.44. The SMILES string of the molecule is O=C(Nc1cccc(CNC(=O)C2(O)CCCC2)c1)C1CCCCC1. The normalized spacial score (nSPS) is 20.2. The van der Waals surface area contributed by atoms with Crippen molar-refractivity contribution in [2.45, 2.75) is 69.9 Å². The number of hydrogen-bond acceptors (Lipinski definition) is 3. The lowest BCUT2D eigenvalue weighted by atomic mass is 9.88. The number of hydrogen-bond donors (Lipinski definition) is 3. The van der Waals surface area contributed by atoms with Crippen LogP contribution in [0.5, 0.6) is 0 Å². The molecule has 0 aromatic heterocycles. The third-order valence-corrected chi connectivity index (χ3v) is 5.48. The van der Waals surface area contributed by atoms with Gasteiger partial charge in [0.2, 0.25) is 5.91 Å². The molecule has 0 saturated heterocycles. The first-order chi connectivity index (χ1) is 12.1. The van der Waals surface area contributed by atoms with E-state index in [4.69, 9.17) is 0 Å². The summed E-state index contributed by atoms with van der Waals surface area (Å²) in [4.78, 5) is 24.5. The molecule has 3 N–H and O–H groups in total. The minimum Gasteiger partial charge on any atom is -0.380 e. The predicted molar refractivity (Wildman–Crippen MR) is 96.9 cm³/mol. The van der Waals surface area contributed by atoms with Crippen LogP contribution in [-0.4, -0.2) is 22.5 Å².